The third-order valence-corrected chi connectivity index (χ3v) is 6.81. The van der Waals surface area contributed by atoms with E-state index in [0.717, 1.165) is 16.8 Å². The number of benzene rings is 3. The summed E-state index contributed by atoms with van der Waals surface area (Å²) in [5, 5.41) is 14.1. The van der Waals surface area contributed by atoms with Gasteiger partial charge in [-0.25, -0.2) is 13.1 Å². The van der Waals surface area contributed by atoms with Crippen LogP contribution < -0.4 is 0 Å². The second kappa shape index (κ2) is 8.56. The van der Waals surface area contributed by atoms with Crippen molar-refractivity contribution in [2.24, 2.45) is 0 Å². The summed E-state index contributed by atoms with van der Waals surface area (Å²) in [7, 11) is -2.35. The Labute approximate surface area is 181 Å². The third kappa shape index (κ3) is 4.12. The molecule has 0 amide bonds. The number of hydrogen-bond acceptors (Lipinski definition) is 4. The fourth-order valence-electron chi connectivity index (χ4n) is 3.35. The molecule has 1 heterocycles. The minimum atomic E-state index is -3.86. The van der Waals surface area contributed by atoms with Crippen LogP contribution in [0.3, 0.4) is 0 Å². The maximum atomic E-state index is 13.2. The van der Waals surface area contributed by atoms with E-state index in [9.17, 15) is 13.7 Å². The molecule has 31 heavy (non-hydrogen) atoms. The highest BCUT2D eigenvalue weighted by molar-refractivity contribution is 7.89. The average Bonchev–Trinajstić information content (AvgIpc) is 3.24. The number of sulfonamides is 1. The van der Waals surface area contributed by atoms with E-state index in [4.69, 9.17) is 5.10 Å². The Bertz CT molecular complexity index is 1340. The van der Waals surface area contributed by atoms with E-state index in [1.807, 2.05) is 72.9 Å². The summed E-state index contributed by atoms with van der Waals surface area (Å²) in [5.41, 5.74) is 3.37. The van der Waals surface area contributed by atoms with Gasteiger partial charge < -0.3 is 0 Å². The predicted octanol–water partition coefficient (Wildman–Crippen LogP) is 4.23. The van der Waals surface area contributed by atoms with Gasteiger partial charge >= 0.3 is 0 Å². The van der Waals surface area contributed by atoms with Crippen molar-refractivity contribution in [2.75, 3.05) is 7.05 Å². The normalized spacial score (nSPS) is 11.4. The van der Waals surface area contributed by atoms with E-state index in [2.05, 4.69) is 0 Å². The number of rotatable bonds is 6. The van der Waals surface area contributed by atoms with Crippen LogP contribution in [0.2, 0.25) is 0 Å². The monoisotopic (exact) mass is 428 g/mol. The van der Waals surface area contributed by atoms with Gasteiger partial charge in [0.1, 0.15) is 6.07 Å². The minimum Gasteiger partial charge on any atom is -0.240 e. The summed E-state index contributed by atoms with van der Waals surface area (Å²) in [6.45, 7) is 0.110. The van der Waals surface area contributed by atoms with Crippen molar-refractivity contribution in [3.8, 4) is 23.0 Å². The lowest BCUT2D eigenvalue weighted by molar-refractivity contribution is 0.467. The zero-order chi connectivity index (χ0) is 21.8. The summed E-state index contributed by atoms with van der Waals surface area (Å²) in [6, 6.07) is 27.5. The number of nitrogens with zero attached hydrogens (tertiary/aromatic N) is 4. The maximum Gasteiger partial charge on any atom is 0.244 e. The molecule has 0 aliphatic rings. The number of para-hydroxylation sites is 1. The van der Waals surface area contributed by atoms with Gasteiger partial charge in [0.2, 0.25) is 10.0 Å². The smallest absolute Gasteiger partial charge is 0.240 e. The van der Waals surface area contributed by atoms with Gasteiger partial charge in [-0.05, 0) is 24.3 Å². The molecule has 0 atom stereocenters. The molecule has 0 unspecified atom stereocenters. The first-order chi connectivity index (χ1) is 15.0. The molecule has 0 saturated carbocycles. The van der Waals surface area contributed by atoms with Crippen molar-refractivity contribution in [3.05, 3.63) is 102 Å². The highest BCUT2D eigenvalue weighted by atomic mass is 32.2. The van der Waals surface area contributed by atoms with Gasteiger partial charge in [0.15, 0.2) is 0 Å². The summed E-state index contributed by atoms with van der Waals surface area (Å²) >= 11 is 0. The Morgan fingerprint density at radius 3 is 2.23 bits per heavy atom. The van der Waals surface area contributed by atoms with Crippen LogP contribution in [0.5, 0.6) is 0 Å². The van der Waals surface area contributed by atoms with Crippen molar-refractivity contribution >= 4 is 10.0 Å². The topological polar surface area (TPSA) is 79.0 Å². The molecule has 154 valence electrons. The SMILES string of the molecule is CN(Cc1cn(-c2ccccc2)nc1-c1ccccc1)S(=O)(=O)c1ccccc1C#N. The average molecular weight is 429 g/mol. The summed E-state index contributed by atoms with van der Waals surface area (Å²) in [4.78, 5) is -0.00304. The van der Waals surface area contributed by atoms with Crippen molar-refractivity contribution in [3.63, 3.8) is 0 Å². The largest absolute Gasteiger partial charge is 0.244 e. The second-order valence-electron chi connectivity index (χ2n) is 7.02. The number of hydrogen-bond donors (Lipinski definition) is 0. The van der Waals surface area contributed by atoms with Crippen LogP contribution in [0.15, 0.2) is 96.0 Å². The zero-order valence-electron chi connectivity index (χ0n) is 16.9. The molecule has 1 aromatic heterocycles. The maximum absolute atomic E-state index is 13.2. The fourth-order valence-corrected chi connectivity index (χ4v) is 4.64. The van der Waals surface area contributed by atoms with Crippen LogP contribution in [-0.2, 0) is 16.6 Å². The highest BCUT2D eigenvalue weighted by Crippen LogP contribution is 2.27. The molecular formula is C24H20N4O2S. The van der Waals surface area contributed by atoms with Gasteiger partial charge in [-0.1, -0.05) is 60.7 Å². The molecule has 0 saturated heterocycles. The van der Waals surface area contributed by atoms with Crippen LogP contribution in [0.4, 0.5) is 0 Å². The quantitative estimate of drug-likeness (QED) is 0.460. The van der Waals surface area contributed by atoms with E-state index >= 15 is 0 Å². The van der Waals surface area contributed by atoms with E-state index in [1.165, 1.54) is 23.5 Å². The van der Waals surface area contributed by atoms with Gasteiger partial charge in [-0.15, -0.1) is 0 Å². The van der Waals surface area contributed by atoms with E-state index in [-0.39, 0.29) is 17.0 Å². The molecule has 0 radical (unpaired) electrons. The van der Waals surface area contributed by atoms with Gasteiger partial charge in [-0.2, -0.15) is 14.7 Å². The molecule has 0 aliphatic carbocycles. The Balaban J connectivity index is 1.75. The van der Waals surface area contributed by atoms with Gasteiger partial charge in [0.05, 0.1) is 21.8 Å². The zero-order valence-corrected chi connectivity index (χ0v) is 17.7. The summed E-state index contributed by atoms with van der Waals surface area (Å²) in [5.74, 6) is 0. The summed E-state index contributed by atoms with van der Waals surface area (Å²) in [6.07, 6.45) is 1.85. The molecule has 0 spiro atoms. The van der Waals surface area contributed by atoms with Crippen LogP contribution in [0.1, 0.15) is 11.1 Å². The second-order valence-corrected chi connectivity index (χ2v) is 9.03. The first-order valence-electron chi connectivity index (χ1n) is 9.65. The Morgan fingerprint density at radius 1 is 0.935 bits per heavy atom. The van der Waals surface area contributed by atoms with E-state index < -0.39 is 10.0 Å². The Kier molecular flexibility index (Phi) is 5.67. The molecular weight excluding hydrogens is 408 g/mol. The predicted molar refractivity (Wildman–Crippen MR) is 119 cm³/mol. The number of aromatic nitrogens is 2. The van der Waals surface area contributed by atoms with Crippen LogP contribution >= 0.6 is 0 Å². The van der Waals surface area contributed by atoms with E-state index in [0.29, 0.717) is 5.69 Å². The van der Waals surface area contributed by atoms with Crippen molar-refractivity contribution in [1.29, 1.82) is 5.26 Å². The molecule has 6 nitrogen and oxygen atoms in total. The van der Waals surface area contributed by atoms with Crippen LogP contribution in [0.25, 0.3) is 16.9 Å². The minimum absolute atomic E-state index is 0.00304. The molecule has 0 fully saturated rings. The van der Waals surface area contributed by atoms with Crippen molar-refractivity contribution < 1.29 is 8.42 Å². The summed E-state index contributed by atoms with van der Waals surface area (Å²) < 4.78 is 29.4. The Morgan fingerprint density at radius 2 is 1.55 bits per heavy atom. The number of nitriles is 1. The molecule has 4 rings (SSSR count). The van der Waals surface area contributed by atoms with Gasteiger partial charge in [-0.3, -0.25) is 0 Å². The lowest BCUT2D eigenvalue weighted by Gasteiger charge is -2.18. The van der Waals surface area contributed by atoms with Crippen LogP contribution in [-0.4, -0.2) is 29.6 Å². The van der Waals surface area contributed by atoms with Crippen molar-refractivity contribution in [1.82, 2.24) is 14.1 Å². The van der Waals surface area contributed by atoms with Crippen molar-refractivity contribution in [2.45, 2.75) is 11.4 Å². The first kappa shape index (κ1) is 20.5. The lowest BCUT2D eigenvalue weighted by Crippen LogP contribution is -2.27. The molecule has 4 aromatic rings. The first-order valence-corrected chi connectivity index (χ1v) is 11.1. The molecule has 0 bridgehead atoms. The Hall–Kier alpha value is -3.73. The molecule has 3 aromatic carbocycles. The molecule has 0 aliphatic heterocycles. The highest BCUT2D eigenvalue weighted by Gasteiger charge is 2.26. The lowest BCUT2D eigenvalue weighted by atomic mass is 10.1. The van der Waals surface area contributed by atoms with Crippen LogP contribution in [0, 0.1) is 11.3 Å². The third-order valence-electron chi connectivity index (χ3n) is 4.95. The standard InChI is InChI=1S/C24H20N4O2S/c1-27(31(29,30)23-15-9-8-12-20(23)16-25)17-21-18-28(22-13-6-3-7-14-22)26-24(21)19-10-4-2-5-11-19/h2-15,18H,17H2,1H3. The fraction of sp³-hybridized carbons (Fsp3) is 0.0833. The molecule has 0 N–H and O–H groups in total. The van der Waals surface area contributed by atoms with E-state index in [1.54, 1.807) is 16.8 Å². The van der Waals surface area contributed by atoms with Gasteiger partial charge in [0.25, 0.3) is 0 Å². The van der Waals surface area contributed by atoms with Gasteiger partial charge in [0, 0.05) is 30.9 Å². The molecule has 7 heteroatoms.